The highest BCUT2D eigenvalue weighted by Gasteiger charge is 2.40. The van der Waals surface area contributed by atoms with Gasteiger partial charge in [-0.15, -0.1) is 0 Å². The van der Waals surface area contributed by atoms with Gasteiger partial charge in [-0.2, -0.15) is 0 Å². The van der Waals surface area contributed by atoms with Crippen LogP contribution in [0.1, 0.15) is 119 Å². The van der Waals surface area contributed by atoms with Crippen molar-refractivity contribution in [2.45, 2.75) is 180 Å². The van der Waals surface area contributed by atoms with Gasteiger partial charge in [0.2, 0.25) is 47.3 Å². The number of rotatable bonds is 17. The lowest BCUT2D eigenvalue weighted by atomic mass is 9.95. The molecule has 0 radical (unpaired) electrons. The first-order valence-corrected chi connectivity index (χ1v) is 26.7. The average molecular weight is 1120 g/mol. The van der Waals surface area contributed by atoms with Crippen LogP contribution in [-0.2, 0) is 63.9 Å². The summed E-state index contributed by atoms with van der Waals surface area (Å²) in [7, 11) is 0. The van der Waals surface area contributed by atoms with Gasteiger partial charge in [0.05, 0.1) is 18.4 Å². The molecule has 79 heavy (non-hydrogen) atoms. The monoisotopic (exact) mass is 1110 g/mol. The number of cyclic esters (lactones) is 1. The summed E-state index contributed by atoms with van der Waals surface area (Å²) in [5.74, 6) is -11.8. The SMILES string of the molecule is C/C=C1\NC(=O)[C@H](CCN)NC(=O)CC(CCCC(C)C)OC(=O)[C@H](Cc2ccccc2)NC(=O)[C@H](CN)NC(=O)[C@H](CC(=O)O)NC(=O)[C@H](C(C)(C)O)NC(=O)[C@H](CC(C)C)NC(=O)[C@H](CN)NC(=O)[C@H](CC(C)C)NC1=O. The van der Waals surface area contributed by atoms with Crippen molar-refractivity contribution in [2.24, 2.45) is 35.0 Å². The highest BCUT2D eigenvalue weighted by atomic mass is 16.5. The number of hydrogen-bond acceptors (Lipinski definition) is 16. The molecule has 0 bridgehead atoms. The molecule has 1 aliphatic heterocycles. The minimum Gasteiger partial charge on any atom is -0.481 e. The van der Waals surface area contributed by atoms with Gasteiger partial charge in [-0.1, -0.05) is 84.4 Å². The Morgan fingerprint density at radius 1 is 0.633 bits per heavy atom. The predicted molar refractivity (Wildman–Crippen MR) is 290 cm³/mol. The molecule has 9 amide bonds. The number of aliphatic carboxylic acids is 1. The van der Waals surface area contributed by atoms with Gasteiger partial charge in [0.1, 0.15) is 60.1 Å². The second kappa shape index (κ2) is 33.4. The van der Waals surface area contributed by atoms with E-state index >= 15 is 0 Å². The van der Waals surface area contributed by atoms with E-state index in [2.05, 4.69) is 47.9 Å². The molecule has 1 heterocycles. The van der Waals surface area contributed by atoms with E-state index < -0.39 is 151 Å². The Kier molecular flexibility index (Phi) is 28.8. The minimum atomic E-state index is -2.13. The number of nitrogens with two attached hydrogens (primary N) is 3. The Labute approximate surface area is 461 Å². The van der Waals surface area contributed by atoms with Crippen LogP contribution in [0.15, 0.2) is 42.1 Å². The molecule has 26 heteroatoms. The van der Waals surface area contributed by atoms with Crippen molar-refractivity contribution in [3.63, 3.8) is 0 Å². The average Bonchev–Trinajstić information content (AvgIpc) is 3.35. The number of carboxylic acids is 1. The van der Waals surface area contributed by atoms with Gasteiger partial charge in [0.25, 0.3) is 5.91 Å². The number of carbonyl (C=O) groups excluding carboxylic acids is 10. The highest BCUT2D eigenvalue weighted by molar-refractivity contribution is 6.02. The summed E-state index contributed by atoms with van der Waals surface area (Å²) in [5.41, 5.74) is 15.9. The van der Waals surface area contributed by atoms with E-state index in [0.717, 1.165) is 13.8 Å². The third-order valence-electron chi connectivity index (χ3n) is 12.5. The molecule has 0 aliphatic carbocycles. The summed E-state index contributed by atoms with van der Waals surface area (Å²) in [6.07, 6.45) is -0.412. The first-order chi connectivity index (χ1) is 37.0. The number of benzene rings is 1. The third-order valence-corrected chi connectivity index (χ3v) is 12.5. The number of ether oxygens (including phenoxy) is 1. The van der Waals surface area contributed by atoms with Crippen molar-refractivity contribution in [1.29, 1.82) is 0 Å². The van der Waals surface area contributed by atoms with Crippen molar-refractivity contribution in [2.75, 3.05) is 19.6 Å². The van der Waals surface area contributed by atoms with E-state index in [0.29, 0.717) is 18.4 Å². The van der Waals surface area contributed by atoms with Crippen LogP contribution in [0.25, 0.3) is 0 Å². The van der Waals surface area contributed by atoms with Gasteiger partial charge in [-0.05, 0) is 82.7 Å². The van der Waals surface area contributed by atoms with Crippen molar-refractivity contribution in [1.82, 2.24) is 47.9 Å². The van der Waals surface area contributed by atoms with E-state index in [1.165, 1.54) is 13.0 Å². The Morgan fingerprint density at radius 3 is 1.62 bits per heavy atom. The summed E-state index contributed by atoms with van der Waals surface area (Å²) in [5, 5.41) is 43.2. The summed E-state index contributed by atoms with van der Waals surface area (Å²) < 4.78 is 5.96. The smallest absolute Gasteiger partial charge is 0.329 e. The van der Waals surface area contributed by atoms with Gasteiger partial charge in [-0.3, -0.25) is 47.9 Å². The quantitative estimate of drug-likeness (QED) is 0.0585. The number of nitrogens with one attached hydrogen (secondary N) is 9. The predicted octanol–water partition coefficient (Wildman–Crippen LogP) is -2.13. The van der Waals surface area contributed by atoms with Crippen molar-refractivity contribution in [3.8, 4) is 0 Å². The molecule has 17 N–H and O–H groups in total. The maximum Gasteiger partial charge on any atom is 0.329 e. The van der Waals surface area contributed by atoms with Crippen LogP contribution in [0.4, 0.5) is 0 Å². The number of hydrogen-bond donors (Lipinski definition) is 14. The van der Waals surface area contributed by atoms with Crippen molar-refractivity contribution >= 4 is 65.1 Å². The van der Waals surface area contributed by atoms with Crippen LogP contribution in [0, 0.1) is 17.8 Å². The standard InChI is InChI=1S/C53H86N12O14/c1-10-33-44(69)59-35(21-29(4)5)46(71)63-39(26-55)49(74)60-36(22-30(6)7)48(73)65-43(53(8,9)78)51(76)61-37(25-42(67)68)47(72)64-40(27-56)50(75)62-38(23-31-16-12-11-13-17-31)52(77)79-32(18-14-15-28(2)3)24-41(66)57-34(19-20-54)45(70)58-33/h10-13,16-17,28-30,32,34-40,43,78H,14-15,18-27,54-56H2,1-9H3,(H,57,66)(H,58,70)(H,59,69)(H,60,74)(H,61,76)(H,62,75)(H,63,71)(H,64,72)(H,65,73)(H,67,68)/b33-10-/t32?,34-,35-,36-,37-,38-,39-,40-,43+/m0/s1. The van der Waals surface area contributed by atoms with Crippen LogP contribution in [0.2, 0.25) is 0 Å². The van der Waals surface area contributed by atoms with E-state index in [1.807, 2.05) is 13.8 Å². The second-order valence-electron chi connectivity index (χ2n) is 21.4. The fourth-order valence-electron chi connectivity index (χ4n) is 8.26. The molecule has 1 aromatic carbocycles. The fourth-order valence-corrected chi connectivity index (χ4v) is 8.26. The number of aliphatic hydroxyl groups is 1. The van der Waals surface area contributed by atoms with E-state index in [-0.39, 0.29) is 62.1 Å². The van der Waals surface area contributed by atoms with Crippen LogP contribution >= 0.6 is 0 Å². The van der Waals surface area contributed by atoms with Crippen LogP contribution in [0.5, 0.6) is 0 Å². The molecular weight excluding hydrogens is 1030 g/mol. The number of carboxylic acid groups (broad SMARTS) is 1. The number of carbonyl (C=O) groups is 11. The Balaban J connectivity index is 2.81. The van der Waals surface area contributed by atoms with Crippen molar-refractivity contribution < 1.29 is 67.7 Å². The maximum atomic E-state index is 14.3. The number of esters is 1. The first kappa shape index (κ1) is 68.1. The molecule has 1 aromatic rings. The zero-order chi connectivity index (χ0) is 59.7. The molecule has 442 valence electrons. The van der Waals surface area contributed by atoms with Crippen LogP contribution in [0.3, 0.4) is 0 Å². The fraction of sp³-hybridized carbons (Fsp3) is 0.642. The minimum absolute atomic E-state index is 0.0247. The summed E-state index contributed by atoms with van der Waals surface area (Å²) in [6.45, 7) is 13.4. The van der Waals surface area contributed by atoms with Gasteiger partial charge in [-0.25, -0.2) is 4.79 Å². The molecular formula is C53H86N12O14. The molecule has 0 aromatic heterocycles. The van der Waals surface area contributed by atoms with Gasteiger partial charge >= 0.3 is 11.9 Å². The molecule has 1 aliphatic rings. The third kappa shape index (κ3) is 24.3. The summed E-state index contributed by atoms with van der Waals surface area (Å²) in [6, 6.07) is -4.22. The summed E-state index contributed by atoms with van der Waals surface area (Å²) >= 11 is 0. The Bertz CT molecular complexity index is 2290. The van der Waals surface area contributed by atoms with Gasteiger partial charge in [0, 0.05) is 19.5 Å². The lowest BCUT2D eigenvalue weighted by Gasteiger charge is -2.32. The molecule has 9 atom stereocenters. The van der Waals surface area contributed by atoms with Gasteiger partial charge in [0.15, 0.2) is 0 Å². The normalized spacial score (nSPS) is 25.4. The van der Waals surface area contributed by atoms with E-state index in [1.54, 1.807) is 58.0 Å². The number of allylic oxidation sites excluding steroid dienone is 1. The van der Waals surface area contributed by atoms with E-state index in [4.69, 9.17) is 21.9 Å². The summed E-state index contributed by atoms with van der Waals surface area (Å²) in [4.78, 5) is 152. The van der Waals surface area contributed by atoms with Crippen LogP contribution in [-0.4, -0.2) is 155 Å². The lowest BCUT2D eigenvalue weighted by molar-refractivity contribution is -0.155. The maximum absolute atomic E-state index is 14.3. The zero-order valence-corrected chi connectivity index (χ0v) is 46.9. The second-order valence-corrected chi connectivity index (χ2v) is 21.4. The van der Waals surface area contributed by atoms with Crippen LogP contribution < -0.4 is 65.1 Å². The zero-order valence-electron chi connectivity index (χ0n) is 46.9. The molecule has 0 spiro atoms. The lowest BCUT2D eigenvalue weighted by Crippen LogP contribution is -2.65. The van der Waals surface area contributed by atoms with Crippen molar-refractivity contribution in [3.05, 3.63) is 47.7 Å². The molecule has 1 saturated heterocycles. The molecule has 2 rings (SSSR count). The molecule has 1 fully saturated rings. The largest absolute Gasteiger partial charge is 0.481 e. The molecule has 1 unspecified atom stereocenters. The Morgan fingerprint density at radius 2 is 1.13 bits per heavy atom. The van der Waals surface area contributed by atoms with Gasteiger partial charge < -0.3 is 80.0 Å². The molecule has 26 nitrogen and oxygen atoms in total. The first-order valence-electron chi connectivity index (χ1n) is 26.7. The highest BCUT2D eigenvalue weighted by Crippen LogP contribution is 2.17. The Hall–Kier alpha value is -7.03. The molecule has 0 saturated carbocycles. The number of amides is 9. The van der Waals surface area contributed by atoms with E-state index in [9.17, 15) is 63.0 Å². The topological polar surface area (TPSA) is 424 Å².